The molecule has 0 aliphatic carbocycles. The molecular weight excluding hydrogens is 1470 g/mol. The Hall–Kier alpha value is -7.04. The molecule has 0 atom stereocenters. The van der Waals surface area contributed by atoms with Gasteiger partial charge in [-0.15, -0.1) is 0 Å². The van der Waals surface area contributed by atoms with Crippen LogP contribution in [0.25, 0.3) is 0 Å². The molecule has 116 heavy (non-hydrogen) atoms. The lowest BCUT2D eigenvalue weighted by Gasteiger charge is -2.22. The van der Waals surface area contributed by atoms with E-state index in [1.165, 1.54) is 101 Å². The van der Waals surface area contributed by atoms with Crippen LogP contribution in [0.2, 0.25) is 15.1 Å². The van der Waals surface area contributed by atoms with Gasteiger partial charge in [-0.05, 0) is 231 Å². The van der Waals surface area contributed by atoms with Crippen molar-refractivity contribution in [2.45, 2.75) is 338 Å². The van der Waals surface area contributed by atoms with Gasteiger partial charge >= 0.3 is 0 Å². The van der Waals surface area contributed by atoms with Crippen LogP contribution in [-0.2, 0) is 60.8 Å². The van der Waals surface area contributed by atoms with Gasteiger partial charge in [-0.2, -0.15) is 0 Å². The van der Waals surface area contributed by atoms with Crippen molar-refractivity contribution in [2.75, 3.05) is 0 Å². The summed E-state index contributed by atoms with van der Waals surface area (Å²) >= 11 is 18.1. The smallest absolute Gasteiger partial charge is 0.126 e. The molecule has 0 radical (unpaired) electrons. The number of benzene rings is 10. The predicted octanol–water partition coefficient (Wildman–Crippen LogP) is 34.5. The summed E-state index contributed by atoms with van der Waals surface area (Å²) in [6.07, 6.45) is 0. The first-order valence-electron chi connectivity index (χ1n) is 41.7. The summed E-state index contributed by atoms with van der Waals surface area (Å²) in [7, 11) is 0. The Morgan fingerprint density at radius 3 is 0.862 bits per heavy atom. The Balaban J connectivity index is 0.000000645. The first kappa shape index (κ1) is 107. The molecule has 636 valence electrons. The zero-order chi connectivity index (χ0) is 89.9. The molecule has 0 amide bonds. The van der Waals surface area contributed by atoms with Crippen LogP contribution in [-0.4, -0.2) is 5.11 Å². The minimum absolute atomic E-state index is 0.101. The Labute approximate surface area is 726 Å². The summed E-state index contributed by atoms with van der Waals surface area (Å²) in [4.78, 5) is 0. The number of aryl methyl sites for hydroxylation is 10. The molecular formula is C111H158Cl3FO. The molecule has 0 spiro atoms. The third kappa shape index (κ3) is 40.6. The van der Waals surface area contributed by atoms with Crippen LogP contribution < -0.4 is 0 Å². The Morgan fingerprint density at radius 1 is 0.216 bits per heavy atom. The largest absolute Gasteiger partial charge is 0.392 e. The van der Waals surface area contributed by atoms with Gasteiger partial charge in [0, 0.05) is 15.1 Å². The number of aliphatic hydroxyl groups excluding tert-OH is 1. The van der Waals surface area contributed by atoms with Gasteiger partial charge in [0.15, 0.2) is 0 Å². The molecule has 5 heteroatoms. The average molecular weight is 1630 g/mol. The van der Waals surface area contributed by atoms with Gasteiger partial charge in [0.2, 0.25) is 0 Å². The molecule has 0 saturated carbocycles. The van der Waals surface area contributed by atoms with Crippen molar-refractivity contribution in [3.05, 3.63) is 350 Å². The highest BCUT2D eigenvalue weighted by Gasteiger charge is 2.23. The van der Waals surface area contributed by atoms with Gasteiger partial charge in [-0.1, -0.05) is 464 Å². The predicted molar refractivity (Wildman–Crippen MR) is 520 cm³/mol. The fraction of sp³-hybridized carbons (Fsp3) is 0.459. The Morgan fingerprint density at radius 2 is 0.534 bits per heavy atom. The minimum Gasteiger partial charge on any atom is -0.392 e. The van der Waals surface area contributed by atoms with E-state index in [4.69, 9.17) is 34.8 Å². The summed E-state index contributed by atoms with van der Waals surface area (Å²) in [6.45, 7) is 86.9. The lowest BCUT2D eigenvalue weighted by Crippen LogP contribution is -2.14. The third-order valence-electron chi connectivity index (χ3n) is 19.9. The lowest BCUT2D eigenvalue weighted by atomic mass is 9.83. The standard InChI is InChI=1S/C12H18O.C12H18.2C11H15Cl.C11H15F.4C11H16.C10H13Cl/c1-9-5-6-10(8-13)11(7-9)12(2,3)4;1-9-6-7-11(8-10(9)2)12(3,4)5;1-8-5-6-9(7-10(8)12)11(2,3)4;2*1-8-5-6-10(12)9(7-8)11(2,3)4;2*1-9-5-7-10(8-6-9)11(2,3)4;1-9-6-5-7-10(8-9)11(2,3)4;1-9-7-5-6-8-10(9)11(2,3)4;1-10(2,3)8-6-4-5-7-9(8)11/h5-7,13H,8H2,1-4H3;6-8H,1-5H3;3*5-7H,1-4H3;4*5-8H,1-4H3;4-7H,1-3H3. The van der Waals surface area contributed by atoms with Crippen molar-refractivity contribution >= 4 is 34.8 Å². The van der Waals surface area contributed by atoms with Gasteiger partial charge in [0.1, 0.15) is 5.82 Å². The SMILES string of the molecule is CC(C)(C)c1ccccc1Cl.Cc1ccc(C(C)(C)C)cc1.Cc1ccc(C(C)(C)C)cc1.Cc1ccc(C(C)(C)C)cc1C.Cc1ccc(C(C)(C)C)cc1Cl.Cc1ccc(CO)c(C(C)(C)C)c1.Cc1ccc(Cl)c(C(C)(C)C)c1.Cc1ccc(F)c(C(C)(C)C)c1.Cc1cccc(C(C)(C)C)c1.Cc1ccccc1C(C)(C)C. The quantitative estimate of drug-likeness (QED) is 0.174. The number of hydrogen-bond acceptors (Lipinski definition) is 1. The lowest BCUT2D eigenvalue weighted by molar-refractivity contribution is 0.278. The highest BCUT2D eigenvalue weighted by molar-refractivity contribution is 6.32. The van der Waals surface area contributed by atoms with E-state index >= 15 is 0 Å². The van der Waals surface area contributed by atoms with Crippen molar-refractivity contribution in [3.8, 4) is 0 Å². The van der Waals surface area contributed by atoms with Crippen LogP contribution in [0.1, 0.15) is 325 Å². The maximum absolute atomic E-state index is 13.3. The number of hydrogen-bond donors (Lipinski definition) is 1. The van der Waals surface area contributed by atoms with Gasteiger partial charge in [-0.3, -0.25) is 0 Å². The zero-order valence-electron chi connectivity index (χ0n) is 80.4. The van der Waals surface area contributed by atoms with E-state index in [0.717, 1.165) is 37.3 Å². The molecule has 0 fully saturated rings. The van der Waals surface area contributed by atoms with E-state index in [-0.39, 0.29) is 66.6 Å². The molecule has 0 aromatic heterocycles. The average Bonchev–Trinajstić information content (AvgIpc) is 0.820. The van der Waals surface area contributed by atoms with Crippen molar-refractivity contribution < 1.29 is 9.50 Å². The maximum atomic E-state index is 13.3. The van der Waals surface area contributed by atoms with E-state index in [2.05, 4.69) is 394 Å². The highest BCUT2D eigenvalue weighted by Crippen LogP contribution is 2.34. The molecule has 0 saturated heterocycles. The fourth-order valence-corrected chi connectivity index (χ4v) is 12.9. The van der Waals surface area contributed by atoms with E-state index in [1.54, 1.807) is 6.07 Å². The van der Waals surface area contributed by atoms with Crippen LogP contribution in [0.5, 0.6) is 0 Å². The van der Waals surface area contributed by atoms with Gasteiger partial charge < -0.3 is 5.11 Å². The molecule has 10 aromatic carbocycles. The first-order chi connectivity index (χ1) is 52.6. The molecule has 10 rings (SSSR count). The Kier molecular flexibility index (Phi) is 42.4. The van der Waals surface area contributed by atoms with Crippen LogP contribution in [0.3, 0.4) is 0 Å². The van der Waals surface area contributed by atoms with Crippen LogP contribution in [0.15, 0.2) is 212 Å². The second-order valence-corrected chi connectivity index (χ2v) is 43.2. The van der Waals surface area contributed by atoms with Crippen LogP contribution in [0, 0.1) is 75.1 Å². The van der Waals surface area contributed by atoms with Gasteiger partial charge in [-0.25, -0.2) is 4.39 Å². The number of aliphatic hydroxyl groups is 1. The normalized spacial score (nSPS) is 11.7. The molecule has 0 bridgehead atoms. The van der Waals surface area contributed by atoms with E-state index < -0.39 is 0 Å². The van der Waals surface area contributed by atoms with E-state index in [9.17, 15) is 9.50 Å². The third-order valence-corrected chi connectivity index (χ3v) is 20.9. The number of halogens is 4. The van der Waals surface area contributed by atoms with E-state index in [1.807, 2.05) is 83.1 Å². The van der Waals surface area contributed by atoms with Crippen molar-refractivity contribution in [1.82, 2.24) is 0 Å². The van der Waals surface area contributed by atoms with E-state index in [0.29, 0.717) is 0 Å². The van der Waals surface area contributed by atoms with Crippen LogP contribution in [0.4, 0.5) is 4.39 Å². The zero-order valence-corrected chi connectivity index (χ0v) is 82.6. The molecule has 0 unspecified atom stereocenters. The van der Waals surface area contributed by atoms with Crippen LogP contribution >= 0.6 is 34.8 Å². The topological polar surface area (TPSA) is 20.2 Å². The summed E-state index contributed by atoms with van der Waals surface area (Å²) in [5.41, 5.74) is 28.8. The molecule has 0 heterocycles. The Bertz CT molecular complexity index is 4310. The highest BCUT2D eigenvalue weighted by atomic mass is 35.5. The van der Waals surface area contributed by atoms with Crippen molar-refractivity contribution in [2.24, 2.45) is 0 Å². The fourth-order valence-electron chi connectivity index (χ4n) is 11.9. The summed E-state index contributed by atoms with van der Waals surface area (Å²) < 4.78 is 13.3. The first-order valence-corrected chi connectivity index (χ1v) is 42.9. The monoisotopic (exact) mass is 1630 g/mol. The molecule has 0 aliphatic rings. The van der Waals surface area contributed by atoms with Crippen molar-refractivity contribution in [3.63, 3.8) is 0 Å². The molecule has 0 aliphatic heterocycles. The summed E-state index contributed by atoms with van der Waals surface area (Å²) in [6, 6.07) is 73.3. The maximum Gasteiger partial charge on any atom is 0.126 e. The van der Waals surface area contributed by atoms with Gasteiger partial charge in [0.25, 0.3) is 0 Å². The minimum atomic E-state index is -0.104. The number of rotatable bonds is 1. The molecule has 1 N–H and O–H groups in total. The molecule has 1 nitrogen and oxygen atoms in total. The second-order valence-electron chi connectivity index (χ2n) is 41.9. The molecule has 10 aromatic rings. The summed E-state index contributed by atoms with van der Waals surface area (Å²) in [5, 5.41) is 11.8. The van der Waals surface area contributed by atoms with Gasteiger partial charge in [0.05, 0.1) is 6.61 Å². The van der Waals surface area contributed by atoms with Crippen molar-refractivity contribution in [1.29, 1.82) is 0 Å². The second kappa shape index (κ2) is 45.9. The summed E-state index contributed by atoms with van der Waals surface area (Å²) in [5.74, 6) is -0.104.